The predicted octanol–water partition coefficient (Wildman–Crippen LogP) is 1.96. The summed E-state index contributed by atoms with van der Waals surface area (Å²) in [4.78, 5) is 13.6. The molecule has 0 saturated heterocycles. The number of nitrogens with two attached hydrogens (primary N) is 1. The van der Waals surface area contributed by atoms with E-state index in [0.717, 1.165) is 10.0 Å². The van der Waals surface area contributed by atoms with Gasteiger partial charge in [-0.2, -0.15) is 0 Å². The topological polar surface area (TPSA) is 78.9 Å². The number of amides is 1. The maximum Gasteiger partial charge on any atom is 0.254 e. The lowest BCUT2D eigenvalue weighted by Gasteiger charge is -2.24. The molecule has 1 atom stereocenters. The van der Waals surface area contributed by atoms with Crippen molar-refractivity contribution >= 4 is 27.7 Å². The monoisotopic (exact) mass is 313 g/mol. The van der Waals surface area contributed by atoms with Crippen LogP contribution in [0.3, 0.4) is 0 Å². The van der Waals surface area contributed by atoms with Crippen LogP contribution in [0.2, 0.25) is 0 Å². The van der Waals surface area contributed by atoms with Crippen molar-refractivity contribution in [2.75, 3.05) is 7.05 Å². The van der Waals surface area contributed by atoms with E-state index in [1.54, 1.807) is 26.1 Å². The Hall–Kier alpha value is -1.56. The second kappa shape index (κ2) is 5.86. The molecule has 0 heterocycles. The van der Waals surface area contributed by atoms with Crippen molar-refractivity contribution in [2.24, 2.45) is 10.9 Å². The van der Waals surface area contributed by atoms with Crippen molar-refractivity contribution in [3.8, 4) is 0 Å². The van der Waals surface area contributed by atoms with E-state index in [1.165, 1.54) is 4.90 Å². The molecule has 6 heteroatoms. The van der Waals surface area contributed by atoms with Crippen LogP contribution in [0.5, 0.6) is 0 Å². The second-order valence-corrected chi connectivity index (χ2v) is 4.94. The standard InChI is InChI=1S/C12H16BrN3O2/c1-7-6-9(4-5-10(7)13)12(17)16(3)8(2)11(14)15-18/h4-6,8,18H,1-3H3,(H2,14,15). The number of likely N-dealkylation sites (N-methyl/N-ethyl adjacent to an activating group) is 1. The molecule has 0 aliphatic heterocycles. The van der Waals surface area contributed by atoms with Crippen molar-refractivity contribution in [1.82, 2.24) is 4.90 Å². The number of hydrogen-bond acceptors (Lipinski definition) is 3. The first-order valence-corrected chi connectivity index (χ1v) is 6.18. The number of carbonyl (C=O) groups is 1. The molecule has 0 aromatic heterocycles. The Kier molecular flexibility index (Phi) is 4.72. The minimum atomic E-state index is -0.466. The van der Waals surface area contributed by atoms with Crippen LogP contribution in [0, 0.1) is 6.92 Å². The molecule has 0 spiro atoms. The summed E-state index contributed by atoms with van der Waals surface area (Å²) in [6.07, 6.45) is 0. The van der Waals surface area contributed by atoms with Gasteiger partial charge in [-0.1, -0.05) is 21.1 Å². The first-order chi connectivity index (χ1) is 8.38. The van der Waals surface area contributed by atoms with Crippen molar-refractivity contribution in [3.05, 3.63) is 33.8 Å². The van der Waals surface area contributed by atoms with Crippen LogP contribution in [0.1, 0.15) is 22.8 Å². The van der Waals surface area contributed by atoms with Crippen LogP contribution < -0.4 is 5.73 Å². The summed E-state index contributed by atoms with van der Waals surface area (Å²) in [5.74, 6) is -0.176. The van der Waals surface area contributed by atoms with Gasteiger partial charge in [0.05, 0.1) is 6.04 Å². The quantitative estimate of drug-likeness (QED) is 0.387. The molecule has 0 radical (unpaired) electrons. The molecule has 0 fully saturated rings. The minimum Gasteiger partial charge on any atom is -0.409 e. The van der Waals surface area contributed by atoms with Crippen LogP contribution in [0.25, 0.3) is 0 Å². The molecular formula is C12H16BrN3O2. The highest BCUT2D eigenvalue weighted by atomic mass is 79.9. The van der Waals surface area contributed by atoms with Gasteiger partial charge in [-0.15, -0.1) is 0 Å². The van der Waals surface area contributed by atoms with Gasteiger partial charge in [0, 0.05) is 17.1 Å². The Morgan fingerprint density at radius 1 is 1.56 bits per heavy atom. The summed E-state index contributed by atoms with van der Waals surface area (Å²) in [5, 5.41) is 11.5. The van der Waals surface area contributed by atoms with E-state index >= 15 is 0 Å². The molecule has 3 N–H and O–H groups in total. The maximum absolute atomic E-state index is 12.2. The van der Waals surface area contributed by atoms with E-state index in [4.69, 9.17) is 10.9 Å². The number of rotatable bonds is 3. The number of carbonyl (C=O) groups excluding carboxylic acids is 1. The Morgan fingerprint density at radius 2 is 2.17 bits per heavy atom. The third kappa shape index (κ3) is 3.01. The van der Waals surface area contributed by atoms with E-state index in [9.17, 15) is 4.79 Å². The average molecular weight is 314 g/mol. The van der Waals surface area contributed by atoms with Crippen LogP contribution in [0.4, 0.5) is 0 Å². The van der Waals surface area contributed by atoms with Crippen LogP contribution >= 0.6 is 15.9 Å². The van der Waals surface area contributed by atoms with Gasteiger partial charge in [-0.05, 0) is 37.6 Å². The van der Waals surface area contributed by atoms with Gasteiger partial charge in [0.2, 0.25) is 0 Å². The van der Waals surface area contributed by atoms with Crippen LogP contribution in [0.15, 0.2) is 27.8 Å². The van der Waals surface area contributed by atoms with Crippen molar-refractivity contribution in [3.63, 3.8) is 0 Å². The highest BCUT2D eigenvalue weighted by Crippen LogP contribution is 2.18. The fourth-order valence-corrected chi connectivity index (χ4v) is 1.69. The molecule has 1 unspecified atom stereocenters. The Morgan fingerprint density at radius 3 is 2.67 bits per heavy atom. The van der Waals surface area contributed by atoms with Gasteiger partial charge in [0.25, 0.3) is 5.91 Å². The zero-order chi connectivity index (χ0) is 13.9. The number of amidine groups is 1. The normalized spacial score (nSPS) is 13.2. The Bertz CT molecular complexity index is 488. The lowest BCUT2D eigenvalue weighted by atomic mass is 10.1. The predicted molar refractivity (Wildman–Crippen MR) is 73.8 cm³/mol. The Balaban J connectivity index is 2.96. The molecule has 98 valence electrons. The average Bonchev–Trinajstić information content (AvgIpc) is 2.38. The van der Waals surface area contributed by atoms with Crippen molar-refractivity contribution in [1.29, 1.82) is 0 Å². The number of nitrogens with zero attached hydrogens (tertiary/aromatic N) is 2. The zero-order valence-corrected chi connectivity index (χ0v) is 12.1. The van der Waals surface area contributed by atoms with Crippen molar-refractivity contribution in [2.45, 2.75) is 19.9 Å². The van der Waals surface area contributed by atoms with Gasteiger partial charge in [-0.25, -0.2) is 0 Å². The van der Waals surface area contributed by atoms with Crippen molar-refractivity contribution < 1.29 is 10.0 Å². The lowest BCUT2D eigenvalue weighted by molar-refractivity contribution is 0.0776. The largest absolute Gasteiger partial charge is 0.409 e. The molecule has 1 rings (SSSR count). The van der Waals surface area contributed by atoms with Gasteiger partial charge < -0.3 is 15.8 Å². The summed E-state index contributed by atoms with van der Waals surface area (Å²) >= 11 is 3.38. The van der Waals surface area contributed by atoms with E-state index in [1.807, 2.05) is 13.0 Å². The smallest absolute Gasteiger partial charge is 0.254 e. The SMILES string of the molecule is Cc1cc(C(=O)N(C)C(C)/C(N)=N/O)ccc1Br. The molecule has 0 saturated carbocycles. The molecule has 0 aliphatic rings. The molecule has 18 heavy (non-hydrogen) atoms. The number of benzene rings is 1. The molecule has 5 nitrogen and oxygen atoms in total. The van der Waals surface area contributed by atoms with Gasteiger partial charge in [0.15, 0.2) is 5.84 Å². The van der Waals surface area contributed by atoms with E-state index < -0.39 is 6.04 Å². The molecule has 0 aliphatic carbocycles. The van der Waals surface area contributed by atoms with Gasteiger partial charge in [-0.3, -0.25) is 4.79 Å². The summed E-state index contributed by atoms with van der Waals surface area (Å²) in [6, 6.07) is 4.88. The molecule has 1 aromatic carbocycles. The molecule has 1 amide bonds. The number of oxime groups is 1. The van der Waals surface area contributed by atoms with Crippen LogP contribution in [-0.4, -0.2) is 34.9 Å². The van der Waals surface area contributed by atoms with E-state index in [-0.39, 0.29) is 11.7 Å². The van der Waals surface area contributed by atoms with Crippen LogP contribution in [-0.2, 0) is 0 Å². The summed E-state index contributed by atoms with van der Waals surface area (Å²) < 4.78 is 0.950. The Labute approximate surface area is 114 Å². The first-order valence-electron chi connectivity index (χ1n) is 5.39. The third-order valence-corrected chi connectivity index (χ3v) is 3.74. The number of aryl methyl sites for hydroxylation is 1. The molecule has 1 aromatic rings. The second-order valence-electron chi connectivity index (χ2n) is 4.08. The fraction of sp³-hybridized carbons (Fsp3) is 0.333. The number of hydrogen-bond donors (Lipinski definition) is 2. The highest BCUT2D eigenvalue weighted by Gasteiger charge is 2.20. The van der Waals surface area contributed by atoms with Gasteiger partial charge in [0.1, 0.15) is 0 Å². The highest BCUT2D eigenvalue weighted by molar-refractivity contribution is 9.10. The fourth-order valence-electron chi connectivity index (χ4n) is 1.44. The third-order valence-electron chi connectivity index (χ3n) is 2.85. The summed E-state index contributed by atoms with van der Waals surface area (Å²) in [6.45, 7) is 3.60. The minimum absolute atomic E-state index is 0.000293. The van der Waals surface area contributed by atoms with E-state index in [0.29, 0.717) is 5.56 Å². The lowest BCUT2D eigenvalue weighted by Crippen LogP contribution is -2.43. The van der Waals surface area contributed by atoms with Gasteiger partial charge >= 0.3 is 0 Å². The molecular weight excluding hydrogens is 298 g/mol. The number of halogens is 1. The summed E-state index contributed by atoms with van der Waals surface area (Å²) in [7, 11) is 1.61. The first kappa shape index (κ1) is 14.5. The molecule has 0 bridgehead atoms. The zero-order valence-electron chi connectivity index (χ0n) is 10.5. The van der Waals surface area contributed by atoms with E-state index in [2.05, 4.69) is 21.1 Å². The maximum atomic E-state index is 12.2. The summed E-state index contributed by atoms with van der Waals surface area (Å²) in [5.41, 5.74) is 7.03.